The van der Waals surface area contributed by atoms with Crippen LogP contribution in [0.2, 0.25) is 0 Å². The number of nitrogen functional groups attached to an aromatic ring is 1. The van der Waals surface area contributed by atoms with Crippen LogP contribution in [0.5, 0.6) is 5.75 Å². The third-order valence-electron chi connectivity index (χ3n) is 1.80. The van der Waals surface area contributed by atoms with Gasteiger partial charge in [-0.15, -0.1) is 0 Å². The number of hydrogen-bond donors (Lipinski definition) is 3. The maximum absolute atomic E-state index is 11.7. The van der Waals surface area contributed by atoms with E-state index in [9.17, 15) is 9.90 Å². The molecule has 0 atom stereocenters. The first-order valence-corrected chi connectivity index (χ1v) is 4.71. The molecule has 0 aliphatic rings. The van der Waals surface area contributed by atoms with Crippen LogP contribution in [0.4, 0.5) is 5.69 Å². The lowest BCUT2D eigenvalue weighted by Crippen LogP contribution is -2.40. The largest absolute Gasteiger partial charge is 0.505 e. The molecule has 0 radical (unpaired) electrons. The van der Waals surface area contributed by atoms with E-state index >= 15 is 0 Å². The first-order chi connectivity index (χ1) is 6.81. The standard InChI is InChI=1S/C11H16N2O2/c1-11(2,3)13-10(15)7-5-4-6-8(12)9(7)14/h4-6,14H,12H2,1-3H3,(H,13,15). The van der Waals surface area contributed by atoms with Crippen molar-refractivity contribution in [1.29, 1.82) is 0 Å². The van der Waals surface area contributed by atoms with Crippen molar-refractivity contribution in [3.63, 3.8) is 0 Å². The maximum atomic E-state index is 11.7. The molecule has 0 heterocycles. The minimum atomic E-state index is -0.339. The van der Waals surface area contributed by atoms with Crippen LogP contribution in [0, 0.1) is 0 Å². The van der Waals surface area contributed by atoms with E-state index in [1.54, 1.807) is 12.1 Å². The predicted octanol–water partition coefficient (Wildman–Crippen LogP) is 1.50. The number of hydrogen-bond acceptors (Lipinski definition) is 3. The van der Waals surface area contributed by atoms with E-state index in [2.05, 4.69) is 5.32 Å². The van der Waals surface area contributed by atoms with Crippen molar-refractivity contribution in [3.8, 4) is 5.75 Å². The van der Waals surface area contributed by atoms with Gasteiger partial charge in [-0.1, -0.05) is 6.07 Å². The van der Waals surface area contributed by atoms with Gasteiger partial charge in [0.2, 0.25) is 0 Å². The summed E-state index contributed by atoms with van der Waals surface area (Å²) in [5, 5.41) is 12.3. The van der Waals surface area contributed by atoms with Gasteiger partial charge in [0.15, 0.2) is 5.75 Å². The van der Waals surface area contributed by atoms with Crippen molar-refractivity contribution in [2.75, 3.05) is 5.73 Å². The van der Waals surface area contributed by atoms with Crippen LogP contribution >= 0.6 is 0 Å². The number of benzene rings is 1. The minimum Gasteiger partial charge on any atom is -0.505 e. The van der Waals surface area contributed by atoms with Crippen LogP contribution in [-0.4, -0.2) is 16.6 Å². The Kier molecular flexibility index (Phi) is 2.88. The Morgan fingerprint density at radius 3 is 2.53 bits per heavy atom. The molecule has 0 bridgehead atoms. The quantitative estimate of drug-likeness (QED) is 0.483. The molecule has 1 amide bonds. The fourth-order valence-electron chi connectivity index (χ4n) is 1.15. The van der Waals surface area contributed by atoms with Crippen LogP contribution in [0.1, 0.15) is 31.1 Å². The molecule has 0 unspecified atom stereocenters. The zero-order chi connectivity index (χ0) is 11.6. The van der Waals surface area contributed by atoms with Gasteiger partial charge in [-0.2, -0.15) is 0 Å². The Balaban J connectivity index is 2.97. The SMILES string of the molecule is CC(C)(C)NC(=O)c1cccc(N)c1O. The lowest BCUT2D eigenvalue weighted by atomic mass is 10.1. The number of carbonyl (C=O) groups excluding carboxylic acids is 1. The number of rotatable bonds is 1. The average molecular weight is 208 g/mol. The van der Waals surface area contributed by atoms with E-state index in [4.69, 9.17) is 5.73 Å². The number of nitrogens with one attached hydrogen (secondary N) is 1. The van der Waals surface area contributed by atoms with E-state index in [1.807, 2.05) is 20.8 Å². The summed E-state index contributed by atoms with van der Waals surface area (Å²) in [6, 6.07) is 4.71. The number of phenols is 1. The summed E-state index contributed by atoms with van der Waals surface area (Å²) in [4.78, 5) is 11.7. The Morgan fingerprint density at radius 1 is 1.40 bits per heavy atom. The maximum Gasteiger partial charge on any atom is 0.255 e. The van der Waals surface area contributed by atoms with Crippen molar-refractivity contribution < 1.29 is 9.90 Å². The molecular weight excluding hydrogens is 192 g/mol. The molecule has 0 saturated carbocycles. The predicted molar refractivity (Wildman–Crippen MR) is 59.7 cm³/mol. The van der Waals surface area contributed by atoms with Crippen LogP contribution in [0.25, 0.3) is 0 Å². The molecule has 0 spiro atoms. The highest BCUT2D eigenvalue weighted by Crippen LogP contribution is 2.24. The van der Waals surface area contributed by atoms with Gasteiger partial charge in [0.1, 0.15) is 0 Å². The van der Waals surface area contributed by atoms with E-state index in [0.29, 0.717) is 0 Å². The normalized spacial score (nSPS) is 11.1. The molecule has 4 heteroatoms. The number of anilines is 1. The van der Waals surface area contributed by atoms with E-state index in [-0.39, 0.29) is 28.4 Å². The average Bonchev–Trinajstić information content (AvgIpc) is 2.06. The molecule has 0 saturated heterocycles. The van der Waals surface area contributed by atoms with Crippen molar-refractivity contribution in [2.45, 2.75) is 26.3 Å². The highest BCUT2D eigenvalue weighted by molar-refractivity contribution is 5.98. The van der Waals surface area contributed by atoms with Gasteiger partial charge in [0.05, 0.1) is 11.3 Å². The second kappa shape index (κ2) is 3.81. The number of phenolic OH excluding ortho intramolecular Hbond substituents is 1. The summed E-state index contributed by atoms with van der Waals surface area (Å²) in [6.45, 7) is 5.61. The lowest BCUT2D eigenvalue weighted by molar-refractivity contribution is 0.0917. The summed E-state index contributed by atoms with van der Waals surface area (Å²) in [7, 11) is 0. The van der Waals surface area contributed by atoms with Crippen molar-refractivity contribution in [2.24, 2.45) is 0 Å². The van der Waals surface area contributed by atoms with Gasteiger partial charge in [-0.3, -0.25) is 4.79 Å². The molecule has 1 aromatic rings. The topological polar surface area (TPSA) is 75.4 Å². The van der Waals surface area contributed by atoms with Gasteiger partial charge < -0.3 is 16.2 Å². The molecule has 15 heavy (non-hydrogen) atoms. The molecule has 0 aliphatic heterocycles. The van der Waals surface area contributed by atoms with Crippen LogP contribution in [-0.2, 0) is 0 Å². The van der Waals surface area contributed by atoms with Gasteiger partial charge in [-0.05, 0) is 32.9 Å². The first kappa shape index (κ1) is 11.4. The fraction of sp³-hybridized carbons (Fsp3) is 0.364. The van der Waals surface area contributed by atoms with E-state index in [1.165, 1.54) is 6.07 Å². The van der Waals surface area contributed by atoms with Crippen LogP contribution in [0.3, 0.4) is 0 Å². The lowest BCUT2D eigenvalue weighted by Gasteiger charge is -2.20. The molecule has 82 valence electrons. The molecule has 1 aromatic carbocycles. The number of para-hydroxylation sites is 1. The first-order valence-electron chi connectivity index (χ1n) is 4.71. The Morgan fingerprint density at radius 2 is 2.00 bits per heavy atom. The van der Waals surface area contributed by atoms with Gasteiger partial charge in [0.25, 0.3) is 5.91 Å². The molecule has 4 nitrogen and oxygen atoms in total. The summed E-state index contributed by atoms with van der Waals surface area (Å²) in [5.41, 5.74) is 5.56. The number of amides is 1. The number of nitrogens with two attached hydrogens (primary N) is 1. The van der Waals surface area contributed by atoms with Gasteiger partial charge in [0, 0.05) is 5.54 Å². The number of carbonyl (C=O) groups is 1. The van der Waals surface area contributed by atoms with Crippen molar-refractivity contribution in [3.05, 3.63) is 23.8 Å². The third kappa shape index (κ3) is 2.87. The molecule has 1 rings (SSSR count). The second-order valence-corrected chi connectivity index (χ2v) is 4.45. The minimum absolute atomic E-state index is 0.167. The highest BCUT2D eigenvalue weighted by Gasteiger charge is 2.18. The van der Waals surface area contributed by atoms with Crippen LogP contribution in [0.15, 0.2) is 18.2 Å². The Hall–Kier alpha value is -1.71. The molecule has 0 aromatic heterocycles. The molecule has 0 aliphatic carbocycles. The van der Waals surface area contributed by atoms with Crippen LogP contribution < -0.4 is 11.1 Å². The smallest absolute Gasteiger partial charge is 0.255 e. The van der Waals surface area contributed by atoms with E-state index < -0.39 is 0 Å². The monoisotopic (exact) mass is 208 g/mol. The van der Waals surface area contributed by atoms with Gasteiger partial charge in [-0.25, -0.2) is 0 Å². The zero-order valence-corrected chi connectivity index (χ0v) is 9.16. The summed E-state index contributed by atoms with van der Waals surface area (Å²) in [6.07, 6.45) is 0. The number of aromatic hydroxyl groups is 1. The van der Waals surface area contributed by atoms with Gasteiger partial charge >= 0.3 is 0 Å². The zero-order valence-electron chi connectivity index (χ0n) is 9.16. The second-order valence-electron chi connectivity index (χ2n) is 4.45. The Labute approximate surface area is 89.1 Å². The summed E-state index contributed by atoms with van der Waals surface area (Å²) < 4.78 is 0. The summed E-state index contributed by atoms with van der Waals surface area (Å²) >= 11 is 0. The summed E-state index contributed by atoms with van der Waals surface area (Å²) in [5.74, 6) is -0.494. The fourth-order valence-corrected chi connectivity index (χ4v) is 1.15. The third-order valence-corrected chi connectivity index (χ3v) is 1.80. The Bertz CT molecular complexity index is 381. The van der Waals surface area contributed by atoms with Crippen molar-refractivity contribution in [1.82, 2.24) is 5.32 Å². The van der Waals surface area contributed by atoms with E-state index in [0.717, 1.165) is 0 Å². The molecule has 4 N–H and O–H groups in total. The highest BCUT2D eigenvalue weighted by atomic mass is 16.3. The molecule has 0 fully saturated rings. The molecular formula is C11H16N2O2. The van der Waals surface area contributed by atoms with Crippen molar-refractivity contribution >= 4 is 11.6 Å².